The molecule has 60 valence electrons. The molecule has 10 heavy (non-hydrogen) atoms. The number of rotatable bonds is 4. The highest BCUT2D eigenvalue weighted by Crippen LogP contribution is 2.00. The van der Waals surface area contributed by atoms with Crippen LogP contribution in [0, 0.1) is 0 Å². The van der Waals surface area contributed by atoms with E-state index in [-0.39, 0.29) is 0 Å². The van der Waals surface area contributed by atoms with Gasteiger partial charge in [-0.3, -0.25) is 0 Å². The van der Waals surface area contributed by atoms with Crippen molar-refractivity contribution in [1.82, 2.24) is 0 Å². The third-order valence-electron chi connectivity index (χ3n) is 1.30. The van der Waals surface area contributed by atoms with E-state index in [1.807, 2.05) is 0 Å². The largest absolute Gasteiger partial charge is 0.479 e. The molecule has 0 aromatic heterocycles. The zero-order valence-electron chi connectivity index (χ0n) is 6.33. The summed E-state index contributed by atoms with van der Waals surface area (Å²) in [4.78, 5) is 10.3. The number of hydrogen-bond donors (Lipinski definition) is 1. The van der Waals surface area contributed by atoms with Crippen LogP contribution in [0.3, 0.4) is 0 Å². The van der Waals surface area contributed by atoms with Gasteiger partial charge in [-0.05, 0) is 6.92 Å². The van der Waals surface area contributed by atoms with E-state index in [0.717, 1.165) is 0 Å². The van der Waals surface area contributed by atoms with Gasteiger partial charge in [0.15, 0.2) is 6.10 Å². The smallest absolute Gasteiger partial charge is 0.335 e. The highest BCUT2D eigenvalue weighted by atomic mass is 16.5. The van der Waals surface area contributed by atoms with E-state index in [4.69, 9.17) is 9.84 Å². The Hall–Kier alpha value is -0.610. The van der Waals surface area contributed by atoms with Crippen molar-refractivity contribution in [3.63, 3.8) is 0 Å². The summed E-state index contributed by atoms with van der Waals surface area (Å²) in [7, 11) is 2.79. The summed E-state index contributed by atoms with van der Waals surface area (Å²) in [5.74, 6) is -1.00. The number of carbonyl (C=O) groups is 1. The molecule has 0 aliphatic heterocycles. The zero-order valence-corrected chi connectivity index (χ0v) is 6.33. The van der Waals surface area contributed by atoms with Gasteiger partial charge in [-0.2, -0.15) is 0 Å². The van der Waals surface area contributed by atoms with Gasteiger partial charge in [0.2, 0.25) is 0 Å². The first-order valence-electron chi connectivity index (χ1n) is 2.91. The van der Waals surface area contributed by atoms with Crippen molar-refractivity contribution >= 4 is 5.97 Å². The van der Waals surface area contributed by atoms with Gasteiger partial charge in [0.1, 0.15) is 0 Å². The van der Waals surface area contributed by atoms with Gasteiger partial charge in [0, 0.05) is 14.2 Å². The van der Waals surface area contributed by atoms with Crippen molar-refractivity contribution in [1.29, 1.82) is 0 Å². The van der Waals surface area contributed by atoms with Gasteiger partial charge < -0.3 is 14.6 Å². The van der Waals surface area contributed by atoms with Crippen molar-refractivity contribution in [2.75, 3.05) is 14.2 Å². The van der Waals surface area contributed by atoms with E-state index >= 15 is 0 Å². The van der Waals surface area contributed by atoms with E-state index in [0.29, 0.717) is 0 Å². The van der Waals surface area contributed by atoms with Crippen LogP contribution in [0.25, 0.3) is 0 Å². The molecule has 2 atom stereocenters. The maximum absolute atomic E-state index is 10.3. The van der Waals surface area contributed by atoms with Gasteiger partial charge in [-0.15, -0.1) is 0 Å². The van der Waals surface area contributed by atoms with Crippen LogP contribution in [0.15, 0.2) is 0 Å². The van der Waals surface area contributed by atoms with Gasteiger partial charge >= 0.3 is 5.97 Å². The summed E-state index contributed by atoms with van der Waals surface area (Å²) in [5.41, 5.74) is 0. The predicted molar refractivity (Wildman–Crippen MR) is 34.9 cm³/mol. The second kappa shape index (κ2) is 4.24. The molecule has 0 rings (SSSR count). The predicted octanol–water partition coefficient (Wildman–Crippen LogP) is 0.121. The zero-order chi connectivity index (χ0) is 8.15. The summed E-state index contributed by atoms with van der Waals surface area (Å²) in [6, 6.07) is 0. The molecule has 0 saturated carbocycles. The Bertz CT molecular complexity index is 112. The number of methoxy groups -OCH3 is 2. The lowest BCUT2D eigenvalue weighted by Gasteiger charge is -2.16. The molecule has 0 saturated heterocycles. The molecular weight excluding hydrogens is 136 g/mol. The standard InChI is InChI=1S/C6H12O4/c1-4(9-2)5(10-3)6(7)8/h4-5H,1-3H3,(H,7,8)/t4-,5-/m0/s1. The lowest BCUT2D eigenvalue weighted by atomic mass is 10.2. The van der Waals surface area contributed by atoms with Gasteiger partial charge in [0.25, 0.3) is 0 Å². The van der Waals surface area contributed by atoms with Crippen LogP contribution < -0.4 is 0 Å². The van der Waals surface area contributed by atoms with Crippen LogP contribution in [0.1, 0.15) is 6.92 Å². The molecule has 0 radical (unpaired) electrons. The Labute approximate surface area is 59.7 Å². The first kappa shape index (κ1) is 9.39. The fraction of sp³-hybridized carbons (Fsp3) is 0.833. The summed E-state index contributed by atoms with van der Waals surface area (Å²) >= 11 is 0. The van der Waals surface area contributed by atoms with Gasteiger partial charge in [-0.25, -0.2) is 4.79 Å². The van der Waals surface area contributed by atoms with Gasteiger partial charge in [0.05, 0.1) is 6.10 Å². The highest BCUT2D eigenvalue weighted by molar-refractivity contribution is 5.72. The van der Waals surface area contributed by atoms with E-state index in [2.05, 4.69) is 4.74 Å². The van der Waals surface area contributed by atoms with E-state index in [9.17, 15) is 4.79 Å². The highest BCUT2D eigenvalue weighted by Gasteiger charge is 2.23. The monoisotopic (exact) mass is 148 g/mol. The maximum atomic E-state index is 10.3. The Morgan fingerprint density at radius 1 is 1.40 bits per heavy atom. The van der Waals surface area contributed by atoms with Crippen molar-refractivity contribution in [3.05, 3.63) is 0 Å². The molecule has 0 aromatic carbocycles. The number of carboxylic acid groups (broad SMARTS) is 1. The second-order valence-corrected chi connectivity index (χ2v) is 1.94. The first-order valence-corrected chi connectivity index (χ1v) is 2.91. The molecule has 4 nitrogen and oxygen atoms in total. The van der Waals surface area contributed by atoms with Crippen molar-refractivity contribution in [2.45, 2.75) is 19.1 Å². The summed E-state index contributed by atoms with van der Waals surface area (Å²) in [6.07, 6.45) is -1.28. The van der Waals surface area contributed by atoms with Crippen LogP contribution in [-0.4, -0.2) is 37.5 Å². The average molecular weight is 148 g/mol. The lowest BCUT2D eigenvalue weighted by molar-refractivity contribution is -0.156. The van der Waals surface area contributed by atoms with Crippen LogP contribution in [0.4, 0.5) is 0 Å². The number of hydrogen-bond acceptors (Lipinski definition) is 3. The number of aliphatic carboxylic acids is 1. The Kier molecular flexibility index (Phi) is 3.99. The maximum Gasteiger partial charge on any atom is 0.335 e. The Morgan fingerprint density at radius 3 is 2.00 bits per heavy atom. The molecule has 0 fully saturated rings. The minimum atomic E-state index is -1.00. The molecule has 0 heterocycles. The molecule has 0 aromatic rings. The number of carboxylic acids is 1. The topological polar surface area (TPSA) is 55.8 Å². The van der Waals surface area contributed by atoms with E-state index in [1.165, 1.54) is 14.2 Å². The minimum absolute atomic E-state index is 0.414. The summed E-state index contributed by atoms with van der Waals surface area (Å²) < 4.78 is 9.40. The molecule has 0 amide bonds. The molecular formula is C6H12O4. The number of ether oxygens (including phenoxy) is 2. The Balaban J connectivity index is 3.92. The van der Waals surface area contributed by atoms with Crippen molar-refractivity contribution in [3.8, 4) is 0 Å². The third kappa shape index (κ3) is 2.33. The van der Waals surface area contributed by atoms with Crippen LogP contribution >= 0.6 is 0 Å². The molecule has 0 aliphatic rings. The molecule has 0 aliphatic carbocycles. The van der Waals surface area contributed by atoms with E-state index in [1.54, 1.807) is 6.92 Å². The van der Waals surface area contributed by atoms with Crippen molar-refractivity contribution in [2.24, 2.45) is 0 Å². The lowest BCUT2D eigenvalue weighted by Crippen LogP contribution is -2.34. The molecule has 0 bridgehead atoms. The average Bonchev–Trinajstić information content (AvgIpc) is 1.88. The van der Waals surface area contributed by atoms with Crippen LogP contribution in [0.2, 0.25) is 0 Å². The van der Waals surface area contributed by atoms with Crippen LogP contribution in [0.5, 0.6) is 0 Å². The molecule has 4 heteroatoms. The van der Waals surface area contributed by atoms with E-state index < -0.39 is 18.2 Å². The Morgan fingerprint density at radius 2 is 1.90 bits per heavy atom. The van der Waals surface area contributed by atoms with Gasteiger partial charge in [-0.1, -0.05) is 0 Å². The SMILES string of the molecule is CO[C@@H](C)[C@H](OC)C(=O)O. The molecule has 1 N–H and O–H groups in total. The normalized spacial score (nSPS) is 16.3. The molecule has 0 unspecified atom stereocenters. The summed E-state index contributed by atoms with van der Waals surface area (Å²) in [6.45, 7) is 1.64. The molecule has 0 spiro atoms. The summed E-state index contributed by atoms with van der Waals surface area (Å²) in [5, 5.41) is 8.47. The quantitative estimate of drug-likeness (QED) is 0.615. The third-order valence-corrected chi connectivity index (χ3v) is 1.30. The minimum Gasteiger partial charge on any atom is -0.479 e. The van der Waals surface area contributed by atoms with Crippen LogP contribution in [-0.2, 0) is 14.3 Å². The fourth-order valence-electron chi connectivity index (χ4n) is 0.617. The first-order chi connectivity index (χ1) is 4.63. The second-order valence-electron chi connectivity index (χ2n) is 1.94. The fourth-order valence-corrected chi connectivity index (χ4v) is 0.617. The van der Waals surface area contributed by atoms with Crippen molar-refractivity contribution < 1.29 is 19.4 Å².